The number of nitrogens with zero attached hydrogens (tertiary/aromatic N) is 1. The second-order valence-electron chi connectivity index (χ2n) is 5.45. The van der Waals surface area contributed by atoms with Gasteiger partial charge in [0.05, 0.1) is 0 Å². The number of carbonyl (C=O) groups excluding carboxylic acids is 1. The lowest BCUT2D eigenvalue weighted by Gasteiger charge is -2.33. The van der Waals surface area contributed by atoms with Crippen LogP contribution in [0, 0.1) is 5.92 Å². The van der Waals surface area contributed by atoms with Crippen molar-refractivity contribution in [2.24, 2.45) is 11.7 Å². The van der Waals surface area contributed by atoms with E-state index in [1.54, 1.807) is 0 Å². The summed E-state index contributed by atoms with van der Waals surface area (Å²) in [5.74, 6) is 0.864. The second kappa shape index (κ2) is 6.71. The molecule has 1 saturated heterocycles. The van der Waals surface area contributed by atoms with Crippen molar-refractivity contribution in [2.45, 2.75) is 38.6 Å². The molecule has 1 heterocycles. The predicted molar refractivity (Wildman–Crippen MR) is 77.6 cm³/mol. The molecule has 1 aliphatic heterocycles. The lowest BCUT2D eigenvalue weighted by molar-refractivity contribution is -0.134. The molecule has 1 fully saturated rings. The number of likely N-dealkylation sites (tertiary alicyclic amines) is 1. The molecule has 0 radical (unpaired) electrons. The third-order valence-electron chi connectivity index (χ3n) is 4.05. The summed E-state index contributed by atoms with van der Waals surface area (Å²) in [6, 6.07) is 9.13. The van der Waals surface area contributed by atoms with Gasteiger partial charge in [0.15, 0.2) is 0 Å². The molecule has 0 aromatic heterocycles. The van der Waals surface area contributed by atoms with E-state index in [2.05, 4.69) is 6.92 Å². The summed E-state index contributed by atoms with van der Waals surface area (Å²) in [6.45, 7) is 3.96. The molecule has 3 heteroatoms. The van der Waals surface area contributed by atoms with Gasteiger partial charge in [-0.2, -0.15) is 0 Å². The molecule has 1 unspecified atom stereocenters. The van der Waals surface area contributed by atoms with Crippen LogP contribution in [0.15, 0.2) is 30.3 Å². The first-order valence-corrected chi connectivity index (χ1v) is 7.31. The largest absolute Gasteiger partial charge is 0.341 e. The van der Waals surface area contributed by atoms with Crippen LogP contribution in [0.5, 0.6) is 0 Å². The summed E-state index contributed by atoms with van der Waals surface area (Å²) in [4.78, 5) is 14.3. The Hall–Kier alpha value is -1.35. The van der Waals surface area contributed by atoms with Crippen molar-refractivity contribution in [2.75, 3.05) is 13.1 Å². The van der Waals surface area contributed by atoms with Gasteiger partial charge in [0.1, 0.15) is 6.04 Å². The maximum Gasteiger partial charge on any atom is 0.244 e. The van der Waals surface area contributed by atoms with Crippen LogP contribution in [0.3, 0.4) is 0 Å². The summed E-state index contributed by atoms with van der Waals surface area (Å²) in [5.41, 5.74) is 6.98. The van der Waals surface area contributed by atoms with Gasteiger partial charge in [-0.3, -0.25) is 4.79 Å². The van der Waals surface area contributed by atoms with E-state index in [1.807, 2.05) is 35.2 Å². The SMILES string of the molecule is CCCC1CCN(C(=O)C(N)c2ccccc2)CC1. The quantitative estimate of drug-likeness (QED) is 0.904. The molecular formula is C16H24N2O. The summed E-state index contributed by atoms with van der Waals surface area (Å²) in [7, 11) is 0. The third-order valence-corrected chi connectivity index (χ3v) is 4.05. The maximum atomic E-state index is 12.4. The van der Waals surface area contributed by atoms with Crippen LogP contribution < -0.4 is 5.73 Å². The van der Waals surface area contributed by atoms with Crippen molar-refractivity contribution < 1.29 is 4.79 Å². The van der Waals surface area contributed by atoms with Crippen LogP contribution in [-0.2, 0) is 4.79 Å². The molecule has 19 heavy (non-hydrogen) atoms. The van der Waals surface area contributed by atoms with E-state index in [-0.39, 0.29) is 5.91 Å². The van der Waals surface area contributed by atoms with E-state index < -0.39 is 6.04 Å². The number of rotatable bonds is 4. The Morgan fingerprint density at radius 2 is 1.95 bits per heavy atom. The molecule has 0 aliphatic carbocycles. The predicted octanol–water partition coefficient (Wildman–Crippen LogP) is 2.73. The molecular weight excluding hydrogens is 236 g/mol. The molecule has 2 rings (SSSR count). The number of hydrogen-bond acceptors (Lipinski definition) is 2. The second-order valence-corrected chi connectivity index (χ2v) is 5.45. The van der Waals surface area contributed by atoms with E-state index >= 15 is 0 Å². The average Bonchev–Trinajstić information content (AvgIpc) is 2.48. The van der Waals surface area contributed by atoms with Gasteiger partial charge in [-0.25, -0.2) is 0 Å². The van der Waals surface area contributed by atoms with Gasteiger partial charge in [-0.15, -0.1) is 0 Å². The molecule has 1 aromatic carbocycles. The van der Waals surface area contributed by atoms with Crippen LogP contribution in [0.25, 0.3) is 0 Å². The highest BCUT2D eigenvalue weighted by atomic mass is 16.2. The van der Waals surface area contributed by atoms with Crippen LogP contribution >= 0.6 is 0 Å². The number of benzene rings is 1. The average molecular weight is 260 g/mol. The lowest BCUT2D eigenvalue weighted by atomic mass is 9.92. The Balaban J connectivity index is 1.91. The minimum Gasteiger partial charge on any atom is -0.341 e. The van der Waals surface area contributed by atoms with Crippen molar-refractivity contribution in [3.05, 3.63) is 35.9 Å². The Bertz CT molecular complexity index is 396. The highest BCUT2D eigenvalue weighted by Crippen LogP contribution is 2.23. The van der Waals surface area contributed by atoms with Gasteiger partial charge < -0.3 is 10.6 Å². The molecule has 1 aliphatic rings. The lowest BCUT2D eigenvalue weighted by Crippen LogP contribution is -2.43. The van der Waals surface area contributed by atoms with E-state index in [1.165, 1.54) is 12.8 Å². The first kappa shape index (κ1) is 14.1. The number of piperidine rings is 1. The van der Waals surface area contributed by atoms with Crippen LogP contribution in [0.1, 0.15) is 44.2 Å². The van der Waals surface area contributed by atoms with Crippen LogP contribution in [-0.4, -0.2) is 23.9 Å². The minimum atomic E-state index is -0.510. The topological polar surface area (TPSA) is 46.3 Å². The summed E-state index contributed by atoms with van der Waals surface area (Å²) in [6.07, 6.45) is 4.77. The minimum absolute atomic E-state index is 0.0705. The van der Waals surface area contributed by atoms with Crippen LogP contribution in [0.2, 0.25) is 0 Å². The van der Waals surface area contributed by atoms with Crippen molar-refractivity contribution in [1.82, 2.24) is 4.90 Å². The van der Waals surface area contributed by atoms with Gasteiger partial charge >= 0.3 is 0 Å². The monoisotopic (exact) mass is 260 g/mol. The molecule has 3 nitrogen and oxygen atoms in total. The Kier molecular flexibility index (Phi) is 4.97. The Labute approximate surface area is 115 Å². The smallest absolute Gasteiger partial charge is 0.244 e. The normalized spacial score (nSPS) is 18.3. The van der Waals surface area contributed by atoms with E-state index in [4.69, 9.17) is 5.73 Å². The van der Waals surface area contributed by atoms with E-state index in [0.717, 1.165) is 37.4 Å². The number of carbonyl (C=O) groups is 1. The first-order chi connectivity index (χ1) is 9.22. The molecule has 1 amide bonds. The van der Waals surface area contributed by atoms with E-state index in [0.29, 0.717) is 0 Å². The fraction of sp³-hybridized carbons (Fsp3) is 0.562. The molecule has 0 saturated carbocycles. The molecule has 2 N–H and O–H groups in total. The fourth-order valence-electron chi connectivity index (χ4n) is 2.85. The van der Waals surface area contributed by atoms with Gasteiger partial charge in [0.2, 0.25) is 5.91 Å². The zero-order chi connectivity index (χ0) is 13.7. The first-order valence-electron chi connectivity index (χ1n) is 7.31. The molecule has 0 bridgehead atoms. The van der Waals surface area contributed by atoms with Gasteiger partial charge in [-0.05, 0) is 24.3 Å². The fourth-order valence-corrected chi connectivity index (χ4v) is 2.85. The number of hydrogen-bond donors (Lipinski definition) is 1. The van der Waals surface area contributed by atoms with Gasteiger partial charge in [0.25, 0.3) is 0 Å². The number of amides is 1. The Morgan fingerprint density at radius 3 is 2.53 bits per heavy atom. The standard InChI is InChI=1S/C16H24N2O/c1-2-6-13-9-11-18(12-10-13)16(19)15(17)14-7-4-3-5-8-14/h3-5,7-8,13,15H,2,6,9-12,17H2,1H3. The zero-order valence-corrected chi connectivity index (χ0v) is 11.7. The summed E-state index contributed by atoms with van der Waals surface area (Å²) < 4.78 is 0. The summed E-state index contributed by atoms with van der Waals surface area (Å²) >= 11 is 0. The summed E-state index contributed by atoms with van der Waals surface area (Å²) in [5, 5.41) is 0. The molecule has 0 spiro atoms. The van der Waals surface area contributed by atoms with Crippen molar-refractivity contribution in [3.63, 3.8) is 0 Å². The maximum absolute atomic E-state index is 12.4. The van der Waals surface area contributed by atoms with Crippen molar-refractivity contribution >= 4 is 5.91 Å². The third kappa shape index (κ3) is 3.57. The van der Waals surface area contributed by atoms with Gasteiger partial charge in [-0.1, -0.05) is 50.1 Å². The molecule has 104 valence electrons. The van der Waals surface area contributed by atoms with Gasteiger partial charge in [0, 0.05) is 13.1 Å². The highest BCUT2D eigenvalue weighted by molar-refractivity contribution is 5.83. The molecule has 1 atom stereocenters. The molecule has 1 aromatic rings. The van der Waals surface area contributed by atoms with Crippen LogP contribution in [0.4, 0.5) is 0 Å². The van der Waals surface area contributed by atoms with E-state index in [9.17, 15) is 4.79 Å². The number of nitrogens with two attached hydrogens (primary N) is 1. The Morgan fingerprint density at radius 1 is 1.32 bits per heavy atom. The van der Waals surface area contributed by atoms with Crippen molar-refractivity contribution in [3.8, 4) is 0 Å². The van der Waals surface area contributed by atoms with Crippen molar-refractivity contribution in [1.29, 1.82) is 0 Å². The zero-order valence-electron chi connectivity index (χ0n) is 11.7. The highest BCUT2D eigenvalue weighted by Gasteiger charge is 2.26.